The van der Waals surface area contributed by atoms with Crippen molar-refractivity contribution in [3.8, 4) is 5.75 Å². The number of hydrogen-bond donors (Lipinski definition) is 2. The minimum atomic E-state index is -1.25. The predicted molar refractivity (Wildman–Crippen MR) is 102 cm³/mol. The number of anilines is 1. The minimum Gasteiger partial charge on any atom is -0.497 e. The van der Waals surface area contributed by atoms with Crippen LogP contribution in [0.2, 0.25) is 0 Å². The largest absolute Gasteiger partial charge is 0.497 e. The van der Waals surface area contributed by atoms with Gasteiger partial charge in [0.05, 0.1) is 24.2 Å². The number of carbonyl (C=O) groups excluding carboxylic acids is 3. The van der Waals surface area contributed by atoms with Gasteiger partial charge in [-0.3, -0.25) is 19.2 Å². The Morgan fingerprint density at radius 1 is 1.25 bits per heavy atom. The Balaban J connectivity index is 1.76. The molecule has 1 aliphatic rings. The molecule has 3 rings (SSSR count). The number of carbonyl (C=O) groups is 3. The highest BCUT2D eigenvalue weighted by Crippen LogP contribution is 2.30. The molecule has 2 aromatic rings. The van der Waals surface area contributed by atoms with E-state index in [0.717, 1.165) is 10.6 Å². The first-order valence-corrected chi connectivity index (χ1v) is 8.76. The molecule has 148 valence electrons. The van der Waals surface area contributed by atoms with E-state index in [-0.39, 0.29) is 6.54 Å². The summed E-state index contributed by atoms with van der Waals surface area (Å²) in [5.41, 5.74) is 1.38. The second-order valence-electron chi connectivity index (χ2n) is 6.89. The van der Waals surface area contributed by atoms with Crippen LogP contribution < -0.4 is 15.4 Å². The van der Waals surface area contributed by atoms with E-state index in [1.807, 2.05) is 6.92 Å². The monoisotopic (exact) mass is 385 g/mol. The van der Waals surface area contributed by atoms with Crippen LogP contribution in [0.4, 0.5) is 10.5 Å². The van der Waals surface area contributed by atoms with Gasteiger partial charge in [0.25, 0.3) is 5.91 Å². The highest BCUT2D eigenvalue weighted by molar-refractivity contribution is 6.10. The number of nitrogens with zero attached hydrogens (tertiary/aromatic N) is 3. The van der Waals surface area contributed by atoms with Gasteiger partial charge in [0.15, 0.2) is 0 Å². The number of aromatic nitrogens is 2. The molecule has 1 aromatic carbocycles. The molecule has 0 bridgehead atoms. The van der Waals surface area contributed by atoms with Gasteiger partial charge in [0, 0.05) is 7.05 Å². The van der Waals surface area contributed by atoms with E-state index in [1.165, 1.54) is 0 Å². The van der Waals surface area contributed by atoms with Gasteiger partial charge in [-0.15, -0.1) is 0 Å². The quantitative estimate of drug-likeness (QED) is 0.758. The van der Waals surface area contributed by atoms with Gasteiger partial charge in [-0.2, -0.15) is 5.10 Å². The normalized spacial score (nSPS) is 19.0. The number of nitrogens with one attached hydrogen (secondary N) is 2. The summed E-state index contributed by atoms with van der Waals surface area (Å²) in [4.78, 5) is 38.7. The summed E-state index contributed by atoms with van der Waals surface area (Å²) in [7, 11) is 3.32. The number of amides is 4. The molecule has 28 heavy (non-hydrogen) atoms. The molecule has 0 radical (unpaired) electrons. The zero-order valence-corrected chi connectivity index (χ0v) is 16.5. The van der Waals surface area contributed by atoms with Gasteiger partial charge in [-0.05, 0) is 38.5 Å². The van der Waals surface area contributed by atoms with Crippen LogP contribution in [0.25, 0.3) is 0 Å². The van der Waals surface area contributed by atoms with Crippen molar-refractivity contribution in [2.75, 3.05) is 19.0 Å². The van der Waals surface area contributed by atoms with Crippen molar-refractivity contribution in [1.29, 1.82) is 0 Å². The Hall–Kier alpha value is -3.36. The molecule has 1 fully saturated rings. The third-order valence-corrected chi connectivity index (χ3v) is 5.02. The standard InChI is InChI=1S/C19H23N5O4/c1-11-16(12(2)23(4)22-11)20-15(25)10-24-17(26)19(3,21-18(24)27)13-6-8-14(28-5)9-7-13/h6-9H,10H2,1-5H3,(H,20,25)(H,21,27)/t19-/m0/s1. The van der Waals surface area contributed by atoms with E-state index in [1.54, 1.807) is 57.0 Å². The fourth-order valence-corrected chi connectivity index (χ4v) is 3.24. The number of imide groups is 1. The summed E-state index contributed by atoms with van der Waals surface area (Å²) in [6, 6.07) is 6.23. The number of hydrogen-bond acceptors (Lipinski definition) is 5. The maximum Gasteiger partial charge on any atom is 0.325 e. The van der Waals surface area contributed by atoms with Crippen LogP contribution in [0, 0.1) is 13.8 Å². The van der Waals surface area contributed by atoms with Crippen LogP contribution in [0.1, 0.15) is 23.9 Å². The van der Waals surface area contributed by atoms with Gasteiger partial charge in [-0.25, -0.2) is 4.79 Å². The Kier molecular flexibility index (Phi) is 4.84. The van der Waals surface area contributed by atoms with E-state index in [0.29, 0.717) is 22.7 Å². The lowest BCUT2D eigenvalue weighted by Crippen LogP contribution is -2.42. The molecular weight excluding hydrogens is 362 g/mol. The molecule has 0 unspecified atom stereocenters. The van der Waals surface area contributed by atoms with Gasteiger partial charge in [-0.1, -0.05) is 12.1 Å². The lowest BCUT2D eigenvalue weighted by atomic mass is 9.92. The van der Waals surface area contributed by atoms with Crippen LogP contribution in [-0.2, 0) is 22.2 Å². The molecule has 4 amide bonds. The van der Waals surface area contributed by atoms with Gasteiger partial charge in [0.2, 0.25) is 5.91 Å². The molecule has 0 spiro atoms. The number of methoxy groups -OCH3 is 1. The van der Waals surface area contributed by atoms with Crippen molar-refractivity contribution < 1.29 is 19.1 Å². The van der Waals surface area contributed by atoms with E-state index in [2.05, 4.69) is 15.7 Å². The van der Waals surface area contributed by atoms with Gasteiger partial charge < -0.3 is 15.4 Å². The van der Waals surface area contributed by atoms with Crippen molar-refractivity contribution in [2.24, 2.45) is 7.05 Å². The Labute approximate surface area is 162 Å². The van der Waals surface area contributed by atoms with Crippen molar-refractivity contribution in [1.82, 2.24) is 20.0 Å². The molecule has 1 atom stereocenters. The smallest absolute Gasteiger partial charge is 0.325 e. The third kappa shape index (κ3) is 3.19. The molecule has 1 aromatic heterocycles. The number of ether oxygens (including phenoxy) is 1. The second-order valence-corrected chi connectivity index (χ2v) is 6.89. The van der Waals surface area contributed by atoms with Crippen molar-refractivity contribution in [3.63, 3.8) is 0 Å². The molecule has 0 aliphatic carbocycles. The SMILES string of the molecule is COc1ccc([C@]2(C)NC(=O)N(CC(=O)Nc3c(C)nn(C)c3C)C2=O)cc1. The highest BCUT2D eigenvalue weighted by Gasteiger charge is 2.49. The first-order chi connectivity index (χ1) is 13.2. The Morgan fingerprint density at radius 2 is 1.89 bits per heavy atom. The first kappa shape index (κ1) is 19.4. The lowest BCUT2D eigenvalue weighted by molar-refractivity contribution is -0.133. The maximum atomic E-state index is 12.9. The summed E-state index contributed by atoms with van der Waals surface area (Å²) in [6.45, 7) is 4.83. The van der Waals surface area contributed by atoms with E-state index in [4.69, 9.17) is 4.74 Å². The van der Waals surface area contributed by atoms with Crippen molar-refractivity contribution >= 4 is 23.5 Å². The summed E-state index contributed by atoms with van der Waals surface area (Å²) in [6.07, 6.45) is 0. The van der Waals surface area contributed by atoms with Crippen LogP contribution in [0.3, 0.4) is 0 Å². The Morgan fingerprint density at radius 3 is 2.43 bits per heavy atom. The van der Waals surface area contributed by atoms with E-state index >= 15 is 0 Å². The summed E-state index contributed by atoms with van der Waals surface area (Å²) in [5.74, 6) is -0.318. The first-order valence-electron chi connectivity index (χ1n) is 8.76. The molecule has 0 saturated carbocycles. The van der Waals surface area contributed by atoms with Crippen molar-refractivity contribution in [2.45, 2.75) is 26.3 Å². The zero-order chi connectivity index (χ0) is 20.6. The average Bonchev–Trinajstić information content (AvgIpc) is 3.03. The molecular formula is C19H23N5O4. The Bertz CT molecular complexity index is 950. The van der Waals surface area contributed by atoms with Crippen LogP contribution in [-0.4, -0.2) is 46.2 Å². The summed E-state index contributed by atoms with van der Waals surface area (Å²) < 4.78 is 6.77. The number of aryl methyl sites for hydroxylation is 2. The maximum absolute atomic E-state index is 12.9. The van der Waals surface area contributed by atoms with Crippen LogP contribution in [0.15, 0.2) is 24.3 Å². The minimum absolute atomic E-state index is 0.385. The van der Waals surface area contributed by atoms with E-state index in [9.17, 15) is 14.4 Å². The second kappa shape index (κ2) is 6.99. The molecule has 9 nitrogen and oxygen atoms in total. The van der Waals surface area contributed by atoms with Gasteiger partial charge >= 0.3 is 6.03 Å². The van der Waals surface area contributed by atoms with Crippen LogP contribution in [0.5, 0.6) is 5.75 Å². The number of benzene rings is 1. The fourth-order valence-electron chi connectivity index (χ4n) is 3.24. The molecule has 2 heterocycles. The third-order valence-electron chi connectivity index (χ3n) is 5.02. The average molecular weight is 385 g/mol. The molecule has 1 aliphatic heterocycles. The molecule has 2 N–H and O–H groups in total. The number of urea groups is 1. The fraction of sp³-hybridized carbons (Fsp3) is 0.368. The summed E-state index contributed by atoms with van der Waals surface area (Å²) in [5, 5.41) is 9.65. The highest BCUT2D eigenvalue weighted by atomic mass is 16.5. The van der Waals surface area contributed by atoms with Crippen LogP contribution >= 0.6 is 0 Å². The molecule has 9 heteroatoms. The zero-order valence-electron chi connectivity index (χ0n) is 16.5. The summed E-state index contributed by atoms with van der Waals surface area (Å²) >= 11 is 0. The molecule has 1 saturated heterocycles. The predicted octanol–water partition coefficient (Wildman–Crippen LogP) is 1.45. The number of rotatable bonds is 5. The lowest BCUT2D eigenvalue weighted by Gasteiger charge is -2.22. The van der Waals surface area contributed by atoms with Crippen molar-refractivity contribution in [3.05, 3.63) is 41.2 Å². The van der Waals surface area contributed by atoms with E-state index < -0.39 is 23.4 Å². The van der Waals surface area contributed by atoms with Gasteiger partial charge in [0.1, 0.15) is 17.8 Å². The topological polar surface area (TPSA) is 106 Å².